The summed E-state index contributed by atoms with van der Waals surface area (Å²) in [6.07, 6.45) is 1.51. The van der Waals surface area contributed by atoms with Gasteiger partial charge in [-0.1, -0.05) is 57.4 Å². The van der Waals surface area contributed by atoms with Crippen molar-refractivity contribution in [1.29, 1.82) is 5.26 Å². The van der Waals surface area contributed by atoms with E-state index in [0.717, 1.165) is 15.6 Å². The largest absolute Gasteiger partial charge is 0.487 e. The Bertz CT molecular complexity index is 1170. The molecule has 0 atom stereocenters. The SMILES string of the molecule is Cc1ccc(NC(=O)/C(C#N)=C/c2cc(Br)cc(Br)c2OCc2ccc(Cl)cc2)cc1. The number of nitriles is 1. The van der Waals surface area contributed by atoms with Crippen LogP contribution in [0.15, 0.2) is 75.2 Å². The van der Waals surface area contributed by atoms with Gasteiger partial charge in [0.25, 0.3) is 5.91 Å². The Labute approximate surface area is 202 Å². The normalized spacial score (nSPS) is 11.0. The lowest BCUT2D eigenvalue weighted by Gasteiger charge is -2.13. The summed E-state index contributed by atoms with van der Waals surface area (Å²) in [4.78, 5) is 12.6. The Balaban J connectivity index is 1.87. The molecule has 0 aliphatic heterocycles. The van der Waals surface area contributed by atoms with E-state index in [-0.39, 0.29) is 5.57 Å². The first kappa shape index (κ1) is 23.1. The number of anilines is 1. The van der Waals surface area contributed by atoms with Crippen molar-refractivity contribution in [2.24, 2.45) is 0 Å². The molecule has 0 bridgehead atoms. The molecular weight excluding hydrogens is 544 g/mol. The van der Waals surface area contributed by atoms with Crippen molar-refractivity contribution in [2.75, 3.05) is 5.32 Å². The quantitative estimate of drug-likeness (QED) is 0.254. The predicted octanol–water partition coefficient (Wildman–Crippen LogP) is 7.30. The van der Waals surface area contributed by atoms with E-state index in [0.29, 0.717) is 33.1 Å². The minimum atomic E-state index is -0.494. The van der Waals surface area contributed by atoms with E-state index in [4.69, 9.17) is 16.3 Å². The van der Waals surface area contributed by atoms with Crippen LogP contribution in [0.2, 0.25) is 5.02 Å². The highest BCUT2D eigenvalue weighted by Gasteiger charge is 2.14. The zero-order valence-corrected chi connectivity index (χ0v) is 20.4. The number of nitrogens with zero attached hydrogens (tertiary/aromatic N) is 1. The van der Waals surface area contributed by atoms with E-state index < -0.39 is 5.91 Å². The third kappa shape index (κ3) is 6.44. The summed E-state index contributed by atoms with van der Waals surface area (Å²) < 4.78 is 7.48. The molecule has 0 heterocycles. The summed E-state index contributed by atoms with van der Waals surface area (Å²) in [6.45, 7) is 2.26. The minimum absolute atomic E-state index is 0.0399. The molecule has 0 aliphatic carbocycles. The van der Waals surface area contributed by atoms with Crippen LogP contribution in [-0.4, -0.2) is 5.91 Å². The van der Waals surface area contributed by atoms with Crippen molar-refractivity contribution >= 4 is 61.1 Å². The van der Waals surface area contributed by atoms with Crippen molar-refractivity contribution in [3.05, 3.63) is 96.9 Å². The average Bonchev–Trinajstić information content (AvgIpc) is 2.74. The van der Waals surface area contributed by atoms with Gasteiger partial charge in [0.05, 0.1) is 4.47 Å². The van der Waals surface area contributed by atoms with Gasteiger partial charge in [0.15, 0.2) is 0 Å². The minimum Gasteiger partial charge on any atom is -0.487 e. The molecule has 4 nitrogen and oxygen atoms in total. The average molecular weight is 561 g/mol. The van der Waals surface area contributed by atoms with Gasteiger partial charge >= 0.3 is 0 Å². The molecule has 0 saturated heterocycles. The number of hydrogen-bond acceptors (Lipinski definition) is 3. The van der Waals surface area contributed by atoms with Gasteiger partial charge in [-0.15, -0.1) is 0 Å². The second-order valence-electron chi connectivity index (χ2n) is 6.71. The number of benzene rings is 3. The van der Waals surface area contributed by atoms with Gasteiger partial charge in [0.2, 0.25) is 0 Å². The third-order valence-corrected chi connectivity index (χ3v) is 5.61. The highest BCUT2D eigenvalue weighted by molar-refractivity contribution is 9.11. The smallest absolute Gasteiger partial charge is 0.266 e. The molecular formula is C24H17Br2ClN2O2. The maximum atomic E-state index is 12.6. The fourth-order valence-electron chi connectivity index (χ4n) is 2.72. The Morgan fingerprint density at radius 3 is 2.45 bits per heavy atom. The van der Waals surface area contributed by atoms with E-state index >= 15 is 0 Å². The number of halogens is 3. The molecule has 0 aliphatic rings. The Kier molecular flexibility index (Phi) is 7.91. The zero-order valence-electron chi connectivity index (χ0n) is 16.5. The Hall–Kier alpha value is -2.59. The molecule has 3 rings (SSSR count). The molecule has 31 heavy (non-hydrogen) atoms. The molecule has 0 aromatic heterocycles. The van der Waals surface area contributed by atoms with Crippen LogP contribution in [0.25, 0.3) is 6.08 Å². The van der Waals surface area contributed by atoms with Crippen molar-refractivity contribution in [2.45, 2.75) is 13.5 Å². The number of rotatable bonds is 6. The van der Waals surface area contributed by atoms with Gasteiger partial charge in [-0.25, -0.2) is 0 Å². The van der Waals surface area contributed by atoms with E-state index in [1.54, 1.807) is 30.3 Å². The van der Waals surface area contributed by atoms with Crippen LogP contribution in [0.5, 0.6) is 5.75 Å². The summed E-state index contributed by atoms with van der Waals surface area (Å²) in [5, 5.41) is 13.0. The molecule has 0 fully saturated rings. The monoisotopic (exact) mass is 558 g/mol. The van der Waals surface area contributed by atoms with Gasteiger partial charge in [0.1, 0.15) is 24.0 Å². The highest BCUT2D eigenvalue weighted by atomic mass is 79.9. The fraction of sp³-hybridized carbons (Fsp3) is 0.0833. The number of amides is 1. The number of aryl methyl sites for hydroxylation is 1. The molecule has 0 unspecified atom stereocenters. The second-order valence-corrected chi connectivity index (χ2v) is 8.92. The van der Waals surface area contributed by atoms with E-state index in [1.165, 1.54) is 6.08 Å². The lowest BCUT2D eigenvalue weighted by molar-refractivity contribution is -0.112. The zero-order chi connectivity index (χ0) is 22.4. The first-order valence-electron chi connectivity index (χ1n) is 9.22. The first-order chi connectivity index (χ1) is 14.9. The third-order valence-electron chi connectivity index (χ3n) is 4.31. The summed E-state index contributed by atoms with van der Waals surface area (Å²) in [5.41, 5.74) is 3.18. The lowest BCUT2D eigenvalue weighted by atomic mass is 10.1. The van der Waals surface area contributed by atoms with Gasteiger partial charge < -0.3 is 10.1 Å². The molecule has 1 N–H and O–H groups in total. The van der Waals surface area contributed by atoms with Gasteiger partial charge in [-0.05, 0) is 70.9 Å². The van der Waals surface area contributed by atoms with Crippen molar-refractivity contribution < 1.29 is 9.53 Å². The maximum Gasteiger partial charge on any atom is 0.266 e. The lowest BCUT2D eigenvalue weighted by Crippen LogP contribution is -2.13. The van der Waals surface area contributed by atoms with E-state index in [2.05, 4.69) is 37.2 Å². The fourth-order valence-corrected chi connectivity index (χ4v) is 4.21. The van der Waals surface area contributed by atoms with Crippen molar-refractivity contribution in [1.82, 2.24) is 0 Å². The summed E-state index contributed by atoms with van der Waals surface area (Å²) >= 11 is 12.9. The van der Waals surface area contributed by atoms with E-state index in [9.17, 15) is 10.1 Å². The van der Waals surface area contributed by atoms with Crippen molar-refractivity contribution in [3.8, 4) is 11.8 Å². The van der Waals surface area contributed by atoms with Crippen LogP contribution in [0.4, 0.5) is 5.69 Å². The van der Waals surface area contributed by atoms with E-state index in [1.807, 2.05) is 43.3 Å². The number of carbonyl (C=O) groups is 1. The summed E-state index contributed by atoms with van der Waals surface area (Å²) in [6, 6.07) is 20.3. The predicted molar refractivity (Wildman–Crippen MR) is 131 cm³/mol. The van der Waals surface area contributed by atoms with Gasteiger partial charge in [-0.2, -0.15) is 5.26 Å². The van der Waals surface area contributed by atoms with Crippen molar-refractivity contribution in [3.63, 3.8) is 0 Å². The molecule has 1 amide bonds. The number of carbonyl (C=O) groups excluding carboxylic acids is 1. The van der Waals surface area contributed by atoms with Crippen LogP contribution >= 0.6 is 43.5 Å². The summed E-state index contributed by atoms with van der Waals surface area (Å²) in [5.74, 6) is 0.0279. The topological polar surface area (TPSA) is 62.1 Å². The number of ether oxygens (including phenoxy) is 1. The molecule has 0 saturated carbocycles. The molecule has 0 spiro atoms. The molecule has 0 radical (unpaired) electrons. The summed E-state index contributed by atoms with van der Waals surface area (Å²) in [7, 11) is 0. The maximum absolute atomic E-state index is 12.6. The standard InChI is InChI=1S/C24H17Br2ClN2O2/c1-15-2-8-21(9-3-15)29-24(30)18(13-28)10-17-11-19(25)12-22(26)23(17)31-14-16-4-6-20(27)7-5-16/h2-12H,14H2,1H3,(H,29,30)/b18-10+. The second kappa shape index (κ2) is 10.6. The molecule has 156 valence electrons. The van der Waals surface area contributed by atoms with Crippen LogP contribution in [0.3, 0.4) is 0 Å². The van der Waals surface area contributed by atoms with Crippen LogP contribution in [0, 0.1) is 18.3 Å². The van der Waals surface area contributed by atoms with Crippen LogP contribution < -0.4 is 10.1 Å². The molecule has 3 aromatic rings. The van der Waals surface area contributed by atoms with Gasteiger partial charge in [0, 0.05) is 20.7 Å². The Morgan fingerprint density at radius 1 is 1.13 bits per heavy atom. The molecule has 7 heteroatoms. The first-order valence-corrected chi connectivity index (χ1v) is 11.2. The number of hydrogen-bond donors (Lipinski definition) is 1. The Morgan fingerprint density at radius 2 is 1.81 bits per heavy atom. The van der Waals surface area contributed by atoms with Gasteiger partial charge in [-0.3, -0.25) is 4.79 Å². The van der Waals surface area contributed by atoms with Crippen LogP contribution in [0.1, 0.15) is 16.7 Å². The van der Waals surface area contributed by atoms with Crippen LogP contribution in [-0.2, 0) is 11.4 Å². The highest BCUT2D eigenvalue weighted by Crippen LogP contribution is 2.35. The number of nitrogens with one attached hydrogen (secondary N) is 1. The molecule has 3 aromatic carbocycles.